The van der Waals surface area contributed by atoms with Crippen molar-refractivity contribution in [3.05, 3.63) is 174 Å². The fourth-order valence-corrected chi connectivity index (χ4v) is 8.61. The Morgan fingerprint density at radius 2 is 1.22 bits per heavy atom. The van der Waals surface area contributed by atoms with E-state index >= 15 is 4.79 Å². The summed E-state index contributed by atoms with van der Waals surface area (Å²) in [6.45, 7) is 0.460. The van der Waals surface area contributed by atoms with E-state index in [1.54, 1.807) is 60.8 Å². The number of nitrogens with two attached hydrogens (primary N) is 1. The molecule has 0 aliphatic carbocycles. The van der Waals surface area contributed by atoms with E-state index in [4.69, 9.17) is 15.2 Å². The normalized spacial score (nSPS) is 21.3. The van der Waals surface area contributed by atoms with E-state index < -0.39 is 71.9 Å². The molecule has 0 spiro atoms. The van der Waals surface area contributed by atoms with Crippen molar-refractivity contribution in [1.82, 2.24) is 36.5 Å². The summed E-state index contributed by atoms with van der Waals surface area (Å²) in [6.07, 6.45) is -0.0372. The summed E-state index contributed by atoms with van der Waals surface area (Å²) in [7, 11) is 0. The van der Waals surface area contributed by atoms with Gasteiger partial charge in [-0.05, 0) is 46.0 Å². The van der Waals surface area contributed by atoms with Crippen molar-refractivity contribution >= 4 is 46.5 Å². The summed E-state index contributed by atoms with van der Waals surface area (Å²) < 4.78 is 11.7. The summed E-state index contributed by atoms with van der Waals surface area (Å²) in [5.74, 6) is -2.80. The minimum absolute atomic E-state index is 0.00952. The molecule has 8 N–H and O–H groups in total. The lowest BCUT2D eigenvalue weighted by Crippen LogP contribution is -2.58. The second-order valence-electron chi connectivity index (χ2n) is 16.9. The van der Waals surface area contributed by atoms with Crippen molar-refractivity contribution in [1.29, 1.82) is 0 Å². The van der Waals surface area contributed by atoms with E-state index in [0.717, 1.165) is 22.0 Å². The van der Waals surface area contributed by atoms with Gasteiger partial charge in [-0.1, -0.05) is 121 Å². The van der Waals surface area contributed by atoms with Crippen molar-refractivity contribution in [3.63, 3.8) is 0 Å². The number of benzene rings is 5. The maximum atomic E-state index is 15.0. The molecule has 350 valence electrons. The monoisotopic (exact) mass is 918 g/mol. The van der Waals surface area contributed by atoms with Crippen LogP contribution < -0.4 is 37.1 Å². The average Bonchev–Trinajstić information content (AvgIpc) is 3.98. The molecular weight excluding hydrogens is 865 g/mol. The number of fused-ring (bicyclic) bond motifs is 2. The van der Waals surface area contributed by atoms with Gasteiger partial charge in [0, 0.05) is 55.9 Å². The number of H-pyrrole nitrogens is 1. The van der Waals surface area contributed by atoms with Crippen LogP contribution in [0.15, 0.2) is 146 Å². The summed E-state index contributed by atoms with van der Waals surface area (Å²) >= 11 is 0. The highest BCUT2D eigenvalue weighted by atomic mass is 16.6. The van der Waals surface area contributed by atoms with Crippen LogP contribution >= 0.6 is 0 Å². The Balaban J connectivity index is 1.17. The van der Waals surface area contributed by atoms with Gasteiger partial charge in [-0.15, -0.1) is 0 Å². The molecule has 16 heteroatoms. The molecule has 2 aliphatic heterocycles. The number of carbonyl (C=O) groups is 6. The highest BCUT2D eigenvalue weighted by Crippen LogP contribution is 2.26. The number of rotatable bonds is 13. The molecule has 6 amide bonds. The molecule has 2 aliphatic rings. The third-order valence-electron chi connectivity index (χ3n) is 12.1. The van der Waals surface area contributed by atoms with Crippen LogP contribution in [0.4, 0.5) is 4.79 Å². The molecular formula is C52H54N8O8. The quantitative estimate of drug-likeness (QED) is 0.0895. The Morgan fingerprint density at radius 3 is 1.93 bits per heavy atom. The number of hydrogen-bond donors (Lipinski definition) is 7. The predicted octanol–water partition coefficient (Wildman–Crippen LogP) is 3.75. The Hall–Kier alpha value is -7.98. The number of para-hydroxylation sites is 1. The van der Waals surface area contributed by atoms with Gasteiger partial charge in [0.1, 0.15) is 48.7 Å². The van der Waals surface area contributed by atoms with Gasteiger partial charge >= 0.3 is 6.09 Å². The lowest BCUT2D eigenvalue weighted by atomic mass is 10.00. The van der Waals surface area contributed by atoms with E-state index in [0.29, 0.717) is 29.0 Å². The number of aromatic amines is 1. The number of carbonyl (C=O) groups excluding carboxylic acids is 6. The number of alkyl carbamates (subject to hydrolysis) is 1. The Bertz CT molecular complexity index is 2700. The SMILES string of the molecule is NCCNC(=O)OC1C[C@H]2C(=O)N[C@@H](c3ccccc3)C(=O)N[C@H](Cc3c[nH]c4ccccc34)C(=O)N[C@@H](Cc3ccc(OCc4ccccc4)cc3)C(=O)N[C@@H](Cc3ccccc3)C(=O)N2C1. The number of amides is 6. The topological polar surface area (TPSA) is 226 Å². The number of nitrogens with one attached hydrogen (secondary N) is 6. The Labute approximate surface area is 393 Å². The molecule has 0 saturated carbocycles. The van der Waals surface area contributed by atoms with E-state index in [9.17, 15) is 24.0 Å². The van der Waals surface area contributed by atoms with Gasteiger partial charge in [-0.2, -0.15) is 0 Å². The molecule has 68 heavy (non-hydrogen) atoms. The molecule has 8 rings (SSSR count). The van der Waals surface area contributed by atoms with E-state index in [1.807, 2.05) is 84.9 Å². The van der Waals surface area contributed by atoms with E-state index in [2.05, 4.69) is 31.6 Å². The fraction of sp³-hybridized carbons (Fsp3) is 0.269. The Morgan fingerprint density at radius 1 is 0.632 bits per heavy atom. The van der Waals surface area contributed by atoms with Crippen molar-refractivity contribution in [2.75, 3.05) is 19.6 Å². The fourth-order valence-electron chi connectivity index (χ4n) is 8.61. The zero-order valence-corrected chi connectivity index (χ0v) is 37.3. The zero-order valence-electron chi connectivity index (χ0n) is 37.3. The number of hydrogen-bond acceptors (Lipinski definition) is 9. The molecule has 6 aromatic rings. The second-order valence-corrected chi connectivity index (χ2v) is 16.9. The largest absolute Gasteiger partial charge is 0.489 e. The zero-order chi connectivity index (χ0) is 47.4. The first-order valence-electron chi connectivity index (χ1n) is 22.7. The highest BCUT2D eigenvalue weighted by molar-refractivity contribution is 5.99. The summed E-state index contributed by atoms with van der Waals surface area (Å²) in [4.78, 5) is 91.4. The van der Waals surface area contributed by atoms with Gasteiger partial charge in [-0.3, -0.25) is 24.0 Å². The van der Waals surface area contributed by atoms with Crippen molar-refractivity contribution < 1.29 is 38.2 Å². The van der Waals surface area contributed by atoms with Gasteiger partial charge in [0.25, 0.3) is 0 Å². The van der Waals surface area contributed by atoms with Gasteiger partial charge in [0.15, 0.2) is 0 Å². The molecule has 5 aromatic carbocycles. The minimum Gasteiger partial charge on any atom is -0.489 e. The maximum absolute atomic E-state index is 15.0. The highest BCUT2D eigenvalue weighted by Gasteiger charge is 2.45. The van der Waals surface area contributed by atoms with Gasteiger partial charge in [0.2, 0.25) is 29.5 Å². The molecule has 1 unspecified atom stereocenters. The van der Waals surface area contributed by atoms with Gasteiger partial charge in [-0.25, -0.2) is 4.79 Å². The van der Waals surface area contributed by atoms with Crippen LogP contribution in [-0.4, -0.2) is 95.4 Å². The smallest absolute Gasteiger partial charge is 0.407 e. The Kier molecular flexibility index (Phi) is 15.1. The van der Waals surface area contributed by atoms with Gasteiger partial charge < -0.3 is 51.7 Å². The van der Waals surface area contributed by atoms with Gasteiger partial charge in [0.05, 0.1) is 6.54 Å². The molecule has 0 bridgehead atoms. The summed E-state index contributed by atoms with van der Waals surface area (Å²) in [5, 5.41) is 15.0. The summed E-state index contributed by atoms with van der Waals surface area (Å²) in [6, 6.07) is 35.7. The lowest BCUT2D eigenvalue weighted by Gasteiger charge is -2.30. The minimum atomic E-state index is -1.34. The molecule has 16 nitrogen and oxygen atoms in total. The van der Waals surface area contributed by atoms with E-state index in [1.165, 1.54) is 4.90 Å². The summed E-state index contributed by atoms with van der Waals surface area (Å²) in [5.41, 5.74) is 9.92. The first kappa shape index (κ1) is 46.5. The van der Waals surface area contributed by atoms with Crippen molar-refractivity contribution in [2.24, 2.45) is 5.73 Å². The van der Waals surface area contributed by atoms with Crippen molar-refractivity contribution in [3.8, 4) is 5.75 Å². The molecule has 0 radical (unpaired) electrons. The van der Waals surface area contributed by atoms with Crippen LogP contribution in [0.25, 0.3) is 10.9 Å². The number of ether oxygens (including phenoxy) is 2. The van der Waals surface area contributed by atoms with Crippen LogP contribution in [0.2, 0.25) is 0 Å². The predicted molar refractivity (Wildman–Crippen MR) is 254 cm³/mol. The first-order valence-corrected chi connectivity index (χ1v) is 22.7. The average molecular weight is 919 g/mol. The third-order valence-corrected chi connectivity index (χ3v) is 12.1. The van der Waals surface area contributed by atoms with Crippen LogP contribution in [0.5, 0.6) is 5.75 Å². The van der Waals surface area contributed by atoms with E-state index in [-0.39, 0.29) is 45.3 Å². The standard InChI is InChI=1S/C52H54N8O8/c53-24-25-54-52(66)68-39-29-45-49(63)59-46(36-16-8-3-9-17-36)50(64)57-43(28-37-30-55-41-19-11-10-18-40(37)41)48(62)56-42(26-34-20-22-38(23-21-34)67-32-35-14-6-2-7-15-35)47(61)58-44(51(65)60(45)31-39)27-33-12-4-1-5-13-33/h1-23,30,39,42-46,55H,24-29,31-32,53H2,(H,54,66)(H,56,62)(H,57,64)(H,58,61)(H,59,63)/t39?,42-,43+,44-,45-,46-/m0/s1. The molecule has 3 heterocycles. The number of nitrogens with zero attached hydrogens (tertiary/aromatic N) is 1. The molecule has 2 saturated heterocycles. The van der Waals surface area contributed by atoms with Crippen LogP contribution in [0, 0.1) is 0 Å². The molecule has 1 aromatic heterocycles. The van der Waals surface area contributed by atoms with Crippen LogP contribution in [0.1, 0.15) is 40.3 Å². The second kappa shape index (κ2) is 22.0. The van der Waals surface area contributed by atoms with Crippen LogP contribution in [-0.2, 0) is 54.6 Å². The van der Waals surface area contributed by atoms with Crippen molar-refractivity contribution in [2.45, 2.75) is 68.6 Å². The number of aromatic nitrogens is 1. The third kappa shape index (κ3) is 11.7. The molecule has 6 atom stereocenters. The first-order chi connectivity index (χ1) is 33.1. The lowest BCUT2D eigenvalue weighted by molar-refractivity contribution is -0.142. The van der Waals surface area contributed by atoms with Crippen LogP contribution in [0.3, 0.4) is 0 Å². The molecule has 2 fully saturated rings. The maximum Gasteiger partial charge on any atom is 0.407 e.